The summed E-state index contributed by atoms with van der Waals surface area (Å²) in [7, 11) is 0. The number of rotatable bonds is 4. The Hall–Kier alpha value is -2.42. The Morgan fingerprint density at radius 3 is 2.57 bits per heavy atom. The van der Waals surface area contributed by atoms with Crippen molar-refractivity contribution < 1.29 is 0 Å². The van der Waals surface area contributed by atoms with Crippen LogP contribution in [-0.4, -0.2) is 10.2 Å². The second kappa shape index (κ2) is 5.92. The lowest BCUT2D eigenvalue weighted by atomic mass is 10.0. The number of anilines is 1. The predicted molar refractivity (Wildman–Crippen MR) is 87.4 cm³/mol. The summed E-state index contributed by atoms with van der Waals surface area (Å²) in [5.74, 6) is 0.833. The molecular weight excluding hydrogens is 258 g/mol. The van der Waals surface area contributed by atoms with Gasteiger partial charge in [0.2, 0.25) is 0 Å². The van der Waals surface area contributed by atoms with Gasteiger partial charge >= 0.3 is 0 Å². The molecule has 1 atom stereocenters. The van der Waals surface area contributed by atoms with E-state index in [1.807, 2.05) is 12.1 Å². The van der Waals surface area contributed by atoms with Gasteiger partial charge in [0.1, 0.15) is 0 Å². The molecule has 0 saturated carbocycles. The van der Waals surface area contributed by atoms with E-state index in [9.17, 15) is 0 Å². The van der Waals surface area contributed by atoms with Gasteiger partial charge in [0.25, 0.3) is 0 Å². The van der Waals surface area contributed by atoms with Gasteiger partial charge in [0.05, 0.1) is 12.2 Å². The molecule has 0 spiro atoms. The molecular formula is C18H19N3. The predicted octanol–water partition coefficient (Wildman–Crippen LogP) is 4.37. The van der Waals surface area contributed by atoms with Crippen molar-refractivity contribution in [3.05, 3.63) is 65.9 Å². The van der Waals surface area contributed by atoms with Crippen LogP contribution in [-0.2, 0) is 6.42 Å². The molecule has 106 valence electrons. The highest BCUT2D eigenvalue weighted by molar-refractivity contribution is 5.90. The quantitative estimate of drug-likeness (QED) is 0.769. The lowest BCUT2D eigenvalue weighted by Gasteiger charge is -2.16. The van der Waals surface area contributed by atoms with Gasteiger partial charge < -0.3 is 5.32 Å². The van der Waals surface area contributed by atoms with Crippen LogP contribution in [0.4, 0.5) is 5.82 Å². The molecule has 0 aliphatic heterocycles. The molecule has 0 radical (unpaired) electrons. The van der Waals surface area contributed by atoms with Gasteiger partial charge in [-0.25, -0.2) is 0 Å². The summed E-state index contributed by atoms with van der Waals surface area (Å²) >= 11 is 0. The zero-order valence-electron chi connectivity index (χ0n) is 12.4. The summed E-state index contributed by atoms with van der Waals surface area (Å²) in [4.78, 5) is 0. The van der Waals surface area contributed by atoms with Gasteiger partial charge in [-0.3, -0.25) is 0 Å². The van der Waals surface area contributed by atoms with Crippen LogP contribution in [0.15, 0.2) is 54.7 Å². The van der Waals surface area contributed by atoms with Crippen molar-refractivity contribution in [2.45, 2.75) is 26.3 Å². The summed E-state index contributed by atoms with van der Waals surface area (Å²) in [5.41, 5.74) is 2.61. The molecule has 2 aromatic carbocycles. The maximum Gasteiger partial charge on any atom is 0.157 e. The summed E-state index contributed by atoms with van der Waals surface area (Å²) in [6.07, 6.45) is 2.86. The van der Waals surface area contributed by atoms with E-state index in [0.717, 1.165) is 23.0 Å². The van der Waals surface area contributed by atoms with Crippen LogP contribution in [0.1, 0.15) is 31.0 Å². The molecule has 0 saturated heterocycles. The first kappa shape index (κ1) is 13.6. The topological polar surface area (TPSA) is 37.8 Å². The largest absolute Gasteiger partial charge is 0.362 e. The van der Waals surface area contributed by atoms with Gasteiger partial charge in [-0.2, -0.15) is 5.10 Å². The van der Waals surface area contributed by atoms with Crippen molar-refractivity contribution in [2.24, 2.45) is 0 Å². The highest BCUT2D eigenvalue weighted by Crippen LogP contribution is 2.24. The molecule has 3 nitrogen and oxygen atoms in total. The minimum atomic E-state index is 0.191. The van der Waals surface area contributed by atoms with Gasteiger partial charge in [0.15, 0.2) is 5.82 Å². The van der Waals surface area contributed by atoms with Crippen LogP contribution in [0.5, 0.6) is 0 Å². The average molecular weight is 277 g/mol. The molecule has 3 rings (SSSR count). The van der Waals surface area contributed by atoms with E-state index in [2.05, 4.69) is 65.8 Å². The maximum atomic E-state index is 4.24. The number of aromatic nitrogens is 2. The lowest BCUT2D eigenvalue weighted by molar-refractivity contribution is 0.864. The molecule has 1 heterocycles. The standard InChI is InChI=1S/C18H19N3/c1-3-14-8-10-15(11-9-14)13(2)20-18-17-7-5-4-6-16(17)12-19-21-18/h4-13H,3H2,1-2H3,(H,20,21). The molecule has 21 heavy (non-hydrogen) atoms. The Labute approximate surface area is 125 Å². The fraction of sp³-hybridized carbons (Fsp3) is 0.222. The number of hydrogen-bond acceptors (Lipinski definition) is 3. The number of benzene rings is 2. The minimum absolute atomic E-state index is 0.191. The molecule has 0 aliphatic rings. The Balaban J connectivity index is 1.87. The summed E-state index contributed by atoms with van der Waals surface area (Å²) in [6, 6.07) is 17.1. The van der Waals surface area contributed by atoms with Crippen molar-refractivity contribution >= 4 is 16.6 Å². The summed E-state index contributed by atoms with van der Waals surface area (Å²) < 4.78 is 0. The van der Waals surface area contributed by atoms with Gasteiger partial charge in [-0.15, -0.1) is 5.10 Å². The molecule has 1 aromatic heterocycles. The van der Waals surface area contributed by atoms with Gasteiger partial charge in [-0.1, -0.05) is 55.5 Å². The molecule has 0 fully saturated rings. The summed E-state index contributed by atoms with van der Waals surface area (Å²) in [5, 5.41) is 14.0. The van der Waals surface area contributed by atoms with Crippen LogP contribution in [0.3, 0.4) is 0 Å². The number of aryl methyl sites for hydroxylation is 1. The van der Waals surface area contributed by atoms with E-state index >= 15 is 0 Å². The van der Waals surface area contributed by atoms with Crippen LogP contribution in [0, 0.1) is 0 Å². The molecule has 0 bridgehead atoms. The van der Waals surface area contributed by atoms with Gasteiger partial charge in [0, 0.05) is 10.8 Å². The Morgan fingerprint density at radius 1 is 1.05 bits per heavy atom. The minimum Gasteiger partial charge on any atom is -0.362 e. The third-order valence-corrected chi connectivity index (χ3v) is 3.81. The van der Waals surface area contributed by atoms with E-state index < -0.39 is 0 Å². The third kappa shape index (κ3) is 2.87. The average Bonchev–Trinajstić information content (AvgIpc) is 2.55. The first-order valence-corrected chi connectivity index (χ1v) is 7.33. The fourth-order valence-corrected chi connectivity index (χ4v) is 2.46. The Bertz CT molecular complexity index is 730. The SMILES string of the molecule is CCc1ccc(C(C)Nc2nncc3ccccc23)cc1. The normalized spacial score (nSPS) is 12.3. The lowest BCUT2D eigenvalue weighted by Crippen LogP contribution is -2.09. The van der Waals surface area contributed by atoms with Crippen LogP contribution in [0.25, 0.3) is 10.8 Å². The van der Waals surface area contributed by atoms with Crippen LogP contribution < -0.4 is 5.32 Å². The highest BCUT2D eigenvalue weighted by Gasteiger charge is 2.09. The number of fused-ring (bicyclic) bond motifs is 1. The number of hydrogen-bond donors (Lipinski definition) is 1. The van der Waals surface area contributed by atoms with Crippen molar-refractivity contribution in [3.63, 3.8) is 0 Å². The van der Waals surface area contributed by atoms with E-state index in [1.165, 1.54) is 11.1 Å². The first-order chi connectivity index (χ1) is 10.3. The second-order valence-electron chi connectivity index (χ2n) is 5.24. The van der Waals surface area contributed by atoms with Crippen molar-refractivity contribution in [2.75, 3.05) is 5.32 Å². The molecule has 3 heteroatoms. The monoisotopic (exact) mass is 277 g/mol. The maximum absolute atomic E-state index is 4.24. The molecule has 1 unspecified atom stereocenters. The van der Waals surface area contributed by atoms with Gasteiger partial charge in [-0.05, 0) is 24.5 Å². The van der Waals surface area contributed by atoms with Crippen molar-refractivity contribution in [3.8, 4) is 0 Å². The fourth-order valence-electron chi connectivity index (χ4n) is 2.46. The van der Waals surface area contributed by atoms with E-state index in [4.69, 9.17) is 0 Å². The summed E-state index contributed by atoms with van der Waals surface area (Å²) in [6.45, 7) is 4.31. The molecule has 0 aliphatic carbocycles. The van der Waals surface area contributed by atoms with Crippen LogP contribution in [0.2, 0.25) is 0 Å². The Morgan fingerprint density at radius 2 is 1.81 bits per heavy atom. The van der Waals surface area contributed by atoms with Crippen molar-refractivity contribution in [1.29, 1.82) is 0 Å². The van der Waals surface area contributed by atoms with E-state index in [0.29, 0.717) is 0 Å². The first-order valence-electron chi connectivity index (χ1n) is 7.33. The highest BCUT2D eigenvalue weighted by atomic mass is 15.2. The second-order valence-corrected chi connectivity index (χ2v) is 5.24. The van der Waals surface area contributed by atoms with E-state index in [-0.39, 0.29) is 6.04 Å². The molecule has 1 N–H and O–H groups in total. The van der Waals surface area contributed by atoms with Crippen LogP contribution >= 0.6 is 0 Å². The zero-order chi connectivity index (χ0) is 14.7. The molecule has 0 amide bonds. The Kier molecular flexibility index (Phi) is 3.82. The third-order valence-electron chi connectivity index (χ3n) is 3.81. The smallest absolute Gasteiger partial charge is 0.157 e. The number of nitrogens with zero attached hydrogens (tertiary/aromatic N) is 2. The number of nitrogens with one attached hydrogen (secondary N) is 1. The van der Waals surface area contributed by atoms with E-state index in [1.54, 1.807) is 6.20 Å². The molecule has 3 aromatic rings. The van der Waals surface area contributed by atoms with Crippen molar-refractivity contribution in [1.82, 2.24) is 10.2 Å². The zero-order valence-corrected chi connectivity index (χ0v) is 12.4.